The van der Waals surface area contributed by atoms with Gasteiger partial charge in [0.25, 0.3) is 0 Å². The molecular weight excluding hydrogens is 504 g/mol. The van der Waals surface area contributed by atoms with Gasteiger partial charge in [-0.25, -0.2) is 5.48 Å². The number of benzene rings is 3. The molecule has 1 aliphatic heterocycles. The summed E-state index contributed by atoms with van der Waals surface area (Å²) in [6.45, 7) is -0.00520. The molecule has 1 saturated heterocycles. The molecular formula is C29H32N2O6S. The van der Waals surface area contributed by atoms with E-state index in [1.54, 1.807) is 29.4 Å². The average Bonchev–Trinajstić information content (AvgIpc) is 2.96. The van der Waals surface area contributed by atoms with Crippen molar-refractivity contribution in [3.05, 3.63) is 95.6 Å². The van der Waals surface area contributed by atoms with Crippen molar-refractivity contribution in [2.75, 3.05) is 11.1 Å². The molecule has 1 aliphatic rings. The number of aliphatic hydroxyl groups excluding tert-OH is 1. The molecule has 200 valence electrons. The third-order valence-corrected chi connectivity index (χ3v) is 7.34. The summed E-state index contributed by atoms with van der Waals surface area (Å²) >= 11 is 1.75. The smallest absolute Gasteiger partial charge is 0.243 e. The molecule has 1 fully saturated rings. The number of hydrogen-bond acceptors (Lipinski definition) is 7. The van der Waals surface area contributed by atoms with Crippen LogP contribution >= 0.6 is 11.8 Å². The lowest BCUT2D eigenvalue weighted by Gasteiger charge is -2.36. The van der Waals surface area contributed by atoms with E-state index in [0.29, 0.717) is 18.5 Å². The monoisotopic (exact) mass is 536 g/mol. The van der Waals surface area contributed by atoms with Gasteiger partial charge in [-0.05, 0) is 41.8 Å². The summed E-state index contributed by atoms with van der Waals surface area (Å²) < 4.78 is 12.8. The van der Waals surface area contributed by atoms with E-state index in [-0.39, 0.29) is 37.6 Å². The zero-order valence-corrected chi connectivity index (χ0v) is 21.7. The summed E-state index contributed by atoms with van der Waals surface area (Å²) in [6.07, 6.45) is 0.499. The van der Waals surface area contributed by atoms with Crippen LogP contribution in [-0.2, 0) is 25.7 Å². The predicted octanol–water partition coefficient (Wildman–Crippen LogP) is 5.13. The lowest BCUT2D eigenvalue weighted by Crippen LogP contribution is -2.31. The SMILES string of the molecule is O=C(CCCC(=O)Nc1ccc(C2OC(CSc3ccccc3)CC(c3ccc(CO)cc3)O2)cc1)NO. The Morgan fingerprint density at radius 1 is 0.868 bits per heavy atom. The van der Waals surface area contributed by atoms with Gasteiger partial charge in [0, 0.05) is 41.2 Å². The van der Waals surface area contributed by atoms with Gasteiger partial charge in [0.15, 0.2) is 6.29 Å². The highest BCUT2D eigenvalue weighted by molar-refractivity contribution is 7.99. The molecule has 0 saturated carbocycles. The lowest BCUT2D eigenvalue weighted by atomic mass is 10.0. The Hall–Kier alpha value is -3.21. The Bertz CT molecular complexity index is 1170. The van der Waals surface area contributed by atoms with Gasteiger partial charge >= 0.3 is 0 Å². The second-order valence-electron chi connectivity index (χ2n) is 9.03. The number of carbonyl (C=O) groups excluding carboxylic acids is 2. The van der Waals surface area contributed by atoms with Crippen molar-refractivity contribution in [3.63, 3.8) is 0 Å². The Balaban J connectivity index is 1.41. The van der Waals surface area contributed by atoms with E-state index in [9.17, 15) is 14.7 Å². The van der Waals surface area contributed by atoms with Crippen molar-refractivity contribution < 1.29 is 29.4 Å². The summed E-state index contributed by atoms with van der Waals surface area (Å²) in [5.41, 5.74) is 4.91. The molecule has 8 nitrogen and oxygen atoms in total. The topological polar surface area (TPSA) is 117 Å². The van der Waals surface area contributed by atoms with Crippen LogP contribution in [0.25, 0.3) is 0 Å². The minimum absolute atomic E-state index is 0.00520. The lowest BCUT2D eigenvalue weighted by molar-refractivity contribution is -0.245. The molecule has 4 rings (SSSR count). The summed E-state index contributed by atoms with van der Waals surface area (Å²) in [6, 6.07) is 25.3. The molecule has 4 N–H and O–H groups in total. The highest BCUT2D eigenvalue weighted by atomic mass is 32.2. The fraction of sp³-hybridized carbons (Fsp3) is 0.310. The number of ether oxygens (including phenoxy) is 2. The Kier molecular flexibility index (Phi) is 10.3. The highest BCUT2D eigenvalue weighted by Gasteiger charge is 2.32. The van der Waals surface area contributed by atoms with Crippen molar-refractivity contribution >= 4 is 29.3 Å². The van der Waals surface area contributed by atoms with Crippen molar-refractivity contribution in [2.24, 2.45) is 0 Å². The first kappa shape index (κ1) is 27.8. The number of carbonyl (C=O) groups is 2. The van der Waals surface area contributed by atoms with E-state index in [1.165, 1.54) is 4.90 Å². The van der Waals surface area contributed by atoms with E-state index in [0.717, 1.165) is 22.4 Å². The Morgan fingerprint density at radius 2 is 1.55 bits per heavy atom. The van der Waals surface area contributed by atoms with Gasteiger partial charge in [-0.15, -0.1) is 11.8 Å². The van der Waals surface area contributed by atoms with Crippen molar-refractivity contribution in [2.45, 2.75) is 55.7 Å². The molecule has 3 unspecified atom stereocenters. The molecule has 0 aliphatic carbocycles. The largest absolute Gasteiger partial charge is 0.392 e. The van der Waals surface area contributed by atoms with Crippen LogP contribution in [0.3, 0.4) is 0 Å². The molecule has 3 atom stereocenters. The molecule has 3 aromatic carbocycles. The third kappa shape index (κ3) is 8.14. The highest BCUT2D eigenvalue weighted by Crippen LogP contribution is 2.39. The number of thioether (sulfide) groups is 1. The average molecular weight is 537 g/mol. The van der Waals surface area contributed by atoms with Crippen molar-refractivity contribution in [3.8, 4) is 0 Å². The zero-order valence-electron chi connectivity index (χ0n) is 20.9. The Labute approximate surface area is 226 Å². The van der Waals surface area contributed by atoms with Gasteiger partial charge in [0.05, 0.1) is 18.8 Å². The quantitative estimate of drug-likeness (QED) is 0.152. The molecule has 0 spiro atoms. The van der Waals surface area contributed by atoms with E-state index in [1.807, 2.05) is 54.6 Å². The van der Waals surface area contributed by atoms with Gasteiger partial charge in [-0.3, -0.25) is 14.8 Å². The normalized spacial score (nSPS) is 19.1. The van der Waals surface area contributed by atoms with Crippen molar-refractivity contribution in [1.82, 2.24) is 5.48 Å². The fourth-order valence-corrected chi connectivity index (χ4v) is 5.08. The second kappa shape index (κ2) is 14.1. The van der Waals surface area contributed by atoms with Crippen molar-refractivity contribution in [1.29, 1.82) is 0 Å². The molecule has 38 heavy (non-hydrogen) atoms. The predicted molar refractivity (Wildman–Crippen MR) is 144 cm³/mol. The second-order valence-corrected chi connectivity index (χ2v) is 10.1. The molecule has 0 radical (unpaired) electrons. The van der Waals surface area contributed by atoms with Gasteiger partial charge in [0.2, 0.25) is 11.8 Å². The standard InChI is InChI=1S/C29H32N2O6S/c32-18-20-9-11-21(12-10-20)26-17-24(19-38-25-5-2-1-3-6-25)36-29(37-26)22-13-15-23(16-14-22)30-27(33)7-4-8-28(34)31-35/h1-3,5-6,9-16,24,26,29,32,35H,4,7-8,17-19H2,(H,30,33)(H,31,34). The fourth-order valence-electron chi connectivity index (χ4n) is 4.14. The summed E-state index contributed by atoms with van der Waals surface area (Å²) in [5.74, 6) is 0.0492. The first-order chi connectivity index (χ1) is 18.5. The van der Waals surface area contributed by atoms with Gasteiger partial charge in [0.1, 0.15) is 0 Å². The number of hydroxylamine groups is 1. The summed E-state index contributed by atoms with van der Waals surface area (Å²) in [5, 5.41) is 20.8. The number of amides is 2. The van der Waals surface area contributed by atoms with Gasteiger partial charge in [-0.2, -0.15) is 0 Å². The first-order valence-electron chi connectivity index (χ1n) is 12.5. The molecule has 9 heteroatoms. The van der Waals surface area contributed by atoms with Crippen LogP contribution in [0.2, 0.25) is 0 Å². The van der Waals surface area contributed by atoms with Crippen LogP contribution in [0.5, 0.6) is 0 Å². The number of nitrogens with one attached hydrogen (secondary N) is 2. The number of aliphatic hydroxyl groups is 1. The number of anilines is 1. The summed E-state index contributed by atoms with van der Waals surface area (Å²) in [4.78, 5) is 24.4. The minimum atomic E-state index is -0.575. The minimum Gasteiger partial charge on any atom is -0.392 e. The number of rotatable bonds is 11. The third-order valence-electron chi connectivity index (χ3n) is 6.19. The molecule has 0 aromatic heterocycles. The maximum atomic E-state index is 12.2. The molecule has 0 bridgehead atoms. The van der Waals surface area contributed by atoms with E-state index in [4.69, 9.17) is 14.7 Å². The van der Waals surface area contributed by atoms with Gasteiger partial charge < -0.3 is 19.9 Å². The molecule has 2 amide bonds. The zero-order chi connectivity index (χ0) is 26.7. The molecule has 1 heterocycles. The van der Waals surface area contributed by atoms with Crippen LogP contribution in [0, 0.1) is 0 Å². The van der Waals surface area contributed by atoms with Crippen LogP contribution in [0.4, 0.5) is 5.69 Å². The van der Waals surface area contributed by atoms with E-state index >= 15 is 0 Å². The summed E-state index contributed by atoms with van der Waals surface area (Å²) in [7, 11) is 0. The van der Waals surface area contributed by atoms with E-state index in [2.05, 4.69) is 17.4 Å². The first-order valence-corrected chi connectivity index (χ1v) is 13.5. The van der Waals surface area contributed by atoms with Gasteiger partial charge in [-0.1, -0.05) is 54.6 Å². The van der Waals surface area contributed by atoms with Crippen LogP contribution < -0.4 is 10.8 Å². The van der Waals surface area contributed by atoms with Crippen LogP contribution in [-0.4, -0.2) is 34.0 Å². The maximum Gasteiger partial charge on any atom is 0.243 e. The molecule has 3 aromatic rings. The van der Waals surface area contributed by atoms with Crippen LogP contribution in [0.1, 0.15) is 54.8 Å². The number of hydrogen-bond donors (Lipinski definition) is 4. The Morgan fingerprint density at radius 3 is 2.24 bits per heavy atom. The van der Waals surface area contributed by atoms with E-state index < -0.39 is 12.2 Å². The van der Waals surface area contributed by atoms with Crippen LogP contribution in [0.15, 0.2) is 83.8 Å². The maximum absolute atomic E-state index is 12.2.